The van der Waals surface area contributed by atoms with Crippen molar-refractivity contribution in [3.8, 4) is 11.4 Å². The van der Waals surface area contributed by atoms with Gasteiger partial charge < -0.3 is 10.1 Å². The quantitative estimate of drug-likeness (QED) is 0.498. The minimum atomic E-state index is -0.315. The van der Waals surface area contributed by atoms with Crippen LogP contribution < -0.4 is 5.32 Å². The molecule has 3 aromatic rings. The fraction of sp³-hybridized carbons (Fsp3) is 0.150. The highest BCUT2D eigenvalue weighted by Crippen LogP contribution is 2.29. The number of carbonyl (C=O) groups excluding carboxylic acids is 1. The third kappa shape index (κ3) is 5.07. The molecule has 0 bridgehead atoms. The molecule has 2 aromatic carbocycles. The van der Waals surface area contributed by atoms with Crippen molar-refractivity contribution >= 4 is 23.5 Å². The number of hydrogen-bond donors (Lipinski definition) is 1. The van der Waals surface area contributed by atoms with Crippen LogP contribution in [0.2, 0.25) is 0 Å². The molecule has 1 heterocycles. The van der Waals surface area contributed by atoms with E-state index in [1.54, 1.807) is 18.7 Å². The summed E-state index contributed by atoms with van der Waals surface area (Å²) >= 11 is 1.55. The highest BCUT2D eigenvalue weighted by Gasteiger charge is 2.10. The van der Waals surface area contributed by atoms with Gasteiger partial charge in [-0.05, 0) is 19.1 Å². The molecule has 0 spiro atoms. The van der Waals surface area contributed by atoms with Crippen LogP contribution in [0.25, 0.3) is 11.4 Å². The third-order valence-corrected chi connectivity index (χ3v) is 4.35. The van der Waals surface area contributed by atoms with Crippen LogP contribution in [0.3, 0.4) is 0 Å². The summed E-state index contributed by atoms with van der Waals surface area (Å²) in [7, 11) is 0. The lowest BCUT2D eigenvalue weighted by Crippen LogP contribution is -2.17. The predicted molar refractivity (Wildman–Crippen MR) is 103 cm³/mol. The van der Waals surface area contributed by atoms with E-state index in [-0.39, 0.29) is 12.5 Å². The van der Waals surface area contributed by atoms with Crippen molar-refractivity contribution < 1.29 is 9.53 Å². The van der Waals surface area contributed by atoms with Gasteiger partial charge in [-0.3, -0.25) is 4.79 Å². The molecule has 6 heteroatoms. The number of rotatable bonds is 7. The van der Waals surface area contributed by atoms with Gasteiger partial charge in [0, 0.05) is 16.5 Å². The normalized spacial score (nSPS) is 10.3. The topological polar surface area (TPSA) is 64.1 Å². The average Bonchev–Trinajstić information content (AvgIpc) is 2.68. The summed E-state index contributed by atoms with van der Waals surface area (Å²) in [5.74, 6) is 0.882. The van der Waals surface area contributed by atoms with Gasteiger partial charge in [0.1, 0.15) is 17.4 Å². The molecule has 0 fully saturated rings. The minimum Gasteiger partial charge on any atom is -0.465 e. The molecule has 132 valence electrons. The smallest absolute Gasteiger partial charge is 0.325 e. The number of nitrogens with one attached hydrogen (secondary N) is 1. The zero-order valence-electron chi connectivity index (χ0n) is 14.4. The zero-order chi connectivity index (χ0) is 18.2. The van der Waals surface area contributed by atoms with Crippen molar-refractivity contribution in [2.45, 2.75) is 16.8 Å². The molecule has 0 saturated heterocycles. The first-order chi connectivity index (χ1) is 12.7. The van der Waals surface area contributed by atoms with Crippen molar-refractivity contribution in [3.63, 3.8) is 0 Å². The summed E-state index contributed by atoms with van der Waals surface area (Å²) in [6, 6.07) is 21.6. The Hall–Kier alpha value is -2.86. The Morgan fingerprint density at radius 1 is 1.04 bits per heavy atom. The van der Waals surface area contributed by atoms with E-state index in [0.717, 1.165) is 15.5 Å². The SMILES string of the molecule is CCOC(=O)CNc1cc(Sc2ccccc2)nc(-c2ccccc2)n1. The lowest BCUT2D eigenvalue weighted by molar-refractivity contribution is -0.140. The van der Waals surface area contributed by atoms with Gasteiger partial charge in [-0.1, -0.05) is 60.3 Å². The number of anilines is 1. The molecule has 5 nitrogen and oxygen atoms in total. The Kier molecular flexibility index (Phi) is 6.22. The number of nitrogens with zero attached hydrogens (tertiary/aromatic N) is 2. The van der Waals surface area contributed by atoms with Gasteiger partial charge in [0.2, 0.25) is 0 Å². The second-order valence-corrected chi connectivity index (χ2v) is 6.45. The first kappa shape index (κ1) is 17.9. The van der Waals surface area contributed by atoms with Crippen molar-refractivity contribution in [2.75, 3.05) is 18.5 Å². The van der Waals surface area contributed by atoms with Gasteiger partial charge in [0.25, 0.3) is 0 Å². The summed E-state index contributed by atoms with van der Waals surface area (Å²) in [6.07, 6.45) is 0. The zero-order valence-corrected chi connectivity index (χ0v) is 15.2. The van der Waals surface area contributed by atoms with Gasteiger partial charge in [0.15, 0.2) is 5.82 Å². The molecule has 0 saturated carbocycles. The van der Waals surface area contributed by atoms with Gasteiger partial charge in [-0.25, -0.2) is 9.97 Å². The average molecular weight is 365 g/mol. The maximum absolute atomic E-state index is 11.6. The van der Waals surface area contributed by atoms with Crippen LogP contribution >= 0.6 is 11.8 Å². The summed E-state index contributed by atoms with van der Waals surface area (Å²) in [5.41, 5.74) is 0.919. The van der Waals surface area contributed by atoms with Crippen molar-refractivity contribution in [3.05, 3.63) is 66.7 Å². The van der Waals surface area contributed by atoms with Gasteiger partial charge >= 0.3 is 5.97 Å². The lowest BCUT2D eigenvalue weighted by Gasteiger charge is -2.10. The number of ether oxygens (including phenoxy) is 1. The van der Waals surface area contributed by atoms with E-state index in [2.05, 4.69) is 15.3 Å². The van der Waals surface area contributed by atoms with Crippen LogP contribution in [0.15, 0.2) is 76.7 Å². The summed E-state index contributed by atoms with van der Waals surface area (Å²) in [4.78, 5) is 21.9. The Labute approximate surface area is 156 Å². The fourth-order valence-corrected chi connectivity index (χ4v) is 3.11. The molecule has 0 radical (unpaired) electrons. The van der Waals surface area contributed by atoms with Gasteiger partial charge in [0.05, 0.1) is 6.61 Å². The second-order valence-electron chi connectivity index (χ2n) is 5.35. The monoisotopic (exact) mass is 365 g/mol. The number of esters is 1. The largest absolute Gasteiger partial charge is 0.465 e. The molecule has 3 rings (SSSR count). The molecular formula is C20H19N3O2S. The van der Waals surface area contributed by atoms with Crippen LogP contribution in [-0.2, 0) is 9.53 Å². The summed E-state index contributed by atoms with van der Waals surface area (Å²) in [5, 5.41) is 3.83. The van der Waals surface area contributed by atoms with Crippen LogP contribution in [0.5, 0.6) is 0 Å². The molecule has 26 heavy (non-hydrogen) atoms. The highest BCUT2D eigenvalue weighted by atomic mass is 32.2. The van der Waals surface area contributed by atoms with E-state index in [1.165, 1.54) is 0 Å². The maximum Gasteiger partial charge on any atom is 0.325 e. The van der Waals surface area contributed by atoms with E-state index in [4.69, 9.17) is 4.74 Å². The first-order valence-corrected chi connectivity index (χ1v) is 9.13. The number of benzene rings is 2. The van der Waals surface area contributed by atoms with Gasteiger partial charge in [-0.2, -0.15) is 0 Å². The number of hydrogen-bond acceptors (Lipinski definition) is 6. The standard InChI is InChI=1S/C20H19N3O2S/c1-2-25-19(24)14-21-17-13-18(26-16-11-7-4-8-12-16)23-20(22-17)15-9-5-3-6-10-15/h3-13H,2,14H2,1H3,(H,21,22,23). The van der Waals surface area contributed by atoms with Crippen molar-refractivity contribution in [1.29, 1.82) is 0 Å². The Bertz CT molecular complexity index is 857. The number of carbonyl (C=O) groups is 1. The van der Waals surface area contributed by atoms with E-state index in [0.29, 0.717) is 18.2 Å². The Balaban J connectivity index is 1.87. The van der Waals surface area contributed by atoms with Crippen molar-refractivity contribution in [2.24, 2.45) is 0 Å². The van der Waals surface area contributed by atoms with E-state index in [1.807, 2.05) is 66.7 Å². The van der Waals surface area contributed by atoms with Crippen LogP contribution in [0.4, 0.5) is 5.82 Å². The Morgan fingerprint density at radius 3 is 2.42 bits per heavy atom. The van der Waals surface area contributed by atoms with Crippen molar-refractivity contribution in [1.82, 2.24) is 9.97 Å². The molecule has 0 unspecified atom stereocenters. The summed E-state index contributed by atoms with van der Waals surface area (Å²) < 4.78 is 4.95. The van der Waals surface area contributed by atoms with Crippen LogP contribution in [-0.4, -0.2) is 29.1 Å². The molecular weight excluding hydrogens is 346 g/mol. The molecule has 0 amide bonds. The molecule has 1 N–H and O–H groups in total. The number of aromatic nitrogens is 2. The van der Waals surface area contributed by atoms with Crippen LogP contribution in [0, 0.1) is 0 Å². The van der Waals surface area contributed by atoms with Gasteiger partial charge in [-0.15, -0.1) is 0 Å². The molecule has 0 atom stereocenters. The minimum absolute atomic E-state index is 0.0640. The molecule has 0 aliphatic heterocycles. The van der Waals surface area contributed by atoms with E-state index in [9.17, 15) is 4.79 Å². The Morgan fingerprint density at radius 2 is 1.73 bits per heavy atom. The molecule has 0 aliphatic carbocycles. The second kappa shape index (κ2) is 9.01. The molecule has 0 aliphatic rings. The highest BCUT2D eigenvalue weighted by molar-refractivity contribution is 7.99. The fourth-order valence-electron chi connectivity index (χ4n) is 2.27. The van der Waals surface area contributed by atoms with E-state index < -0.39 is 0 Å². The predicted octanol–water partition coefficient (Wildman–Crippen LogP) is 4.27. The first-order valence-electron chi connectivity index (χ1n) is 8.31. The summed E-state index contributed by atoms with van der Waals surface area (Å²) in [6.45, 7) is 2.20. The maximum atomic E-state index is 11.6. The van der Waals surface area contributed by atoms with E-state index >= 15 is 0 Å². The van der Waals surface area contributed by atoms with Crippen LogP contribution in [0.1, 0.15) is 6.92 Å². The molecule has 1 aromatic heterocycles. The lowest BCUT2D eigenvalue weighted by atomic mass is 10.2. The third-order valence-electron chi connectivity index (χ3n) is 3.42.